The van der Waals surface area contributed by atoms with E-state index in [0.717, 1.165) is 20.9 Å². The van der Waals surface area contributed by atoms with E-state index in [1.807, 2.05) is 54.6 Å². The summed E-state index contributed by atoms with van der Waals surface area (Å²) in [5.74, 6) is 0.673. The molecule has 4 rings (SSSR count). The maximum atomic E-state index is 11.5. The van der Waals surface area contributed by atoms with E-state index in [1.54, 1.807) is 31.5 Å². The van der Waals surface area contributed by atoms with Gasteiger partial charge in [0.2, 0.25) is 0 Å². The van der Waals surface area contributed by atoms with Crippen molar-refractivity contribution in [2.24, 2.45) is 4.99 Å². The molecule has 0 radical (unpaired) electrons. The highest BCUT2D eigenvalue weighted by atomic mass is 32.2. The van der Waals surface area contributed by atoms with Crippen molar-refractivity contribution in [2.45, 2.75) is 16.9 Å². The molecular formula is C22H16N2O2S. The summed E-state index contributed by atoms with van der Waals surface area (Å²) >= 11 is 1.53. The molecule has 0 bridgehead atoms. The second-order valence-corrected chi connectivity index (χ2v) is 7.00. The van der Waals surface area contributed by atoms with E-state index < -0.39 is 0 Å². The minimum atomic E-state index is 0.0208. The highest BCUT2D eigenvalue weighted by Gasteiger charge is 2.07. The van der Waals surface area contributed by atoms with Crippen LogP contribution in [0.15, 0.2) is 92.3 Å². The molecule has 2 heterocycles. The molecule has 4 nitrogen and oxygen atoms in total. The summed E-state index contributed by atoms with van der Waals surface area (Å²) in [5.41, 5.74) is 2.31. The number of aliphatic imine (C=N–C) groups is 1. The van der Waals surface area contributed by atoms with Crippen molar-refractivity contribution in [3.63, 3.8) is 0 Å². The Hall–Kier alpha value is -3.18. The molecule has 27 heavy (non-hydrogen) atoms. The Morgan fingerprint density at radius 3 is 2.81 bits per heavy atom. The fourth-order valence-electron chi connectivity index (χ4n) is 2.67. The SMILES string of the molecule is CC(=O)c1cccc(N=Cc2ccc(Sc3cccc4cccnc34)o2)c1. The summed E-state index contributed by atoms with van der Waals surface area (Å²) < 4.78 is 5.85. The van der Waals surface area contributed by atoms with Gasteiger partial charge in [-0.3, -0.25) is 14.8 Å². The summed E-state index contributed by atoms with van der Waals surface area (Å²) in [7, 11) is 0. The summed E-state index contributed by atoms with van der Waals surface area (Å²) in [6.07, 6.45) is 3.45. The number of carbonyl (C=O) groups excluding carboxylic acids is 1. The van der Waals surface area contributed by atoms with Gasteiger partial charge in [0, 0.05) is 22.0 Å². The second kappa shape index (κ2) is 7.60. The van der Waals surface area contributed by atoms with Crippen LogP contribution >= 0.6 is 11.8 Å². The predicted molar refractivity (Wildman–Crippen MR) is 108 cm³/mol. The lowest BCUT2D eigenvalue weighted by Crippen LogP contribution is -1.89. The monoisotopic (exact) mass is 372 g/mol. The van der Waals surface area contributed by atoms with Crippen LogP contribution in [0.4, 0.5) is 5.69 Å². The van der Waals surface area contributed by atoms with Gasteiger partial charge in [-0.05, 0) is 55.1 Å². The van der Waals surface area contributed by atoms with Crippen molar-refractivity contribution in [3.8, 4) is 0 Å². The molecule has 2 aromatic heterocycles. The van der Waals surface area contributed by atoms with Crippen LogP contribution in [0, 0.1) is 0 Å². The van der Waals surface area contributed by atoms with Crippen LogP contribution < -0.4 is 0 Å². The molecule has 0 aliphatic carbocycles. The van der Waals surface area contributed by atoms with Gasteiger partial charge in [-0.15, -0.1) is 0 Å². The molecule has 0 atom stereocenters. The first kappa shape index (κ1) is 17.2. The van der Waals surface area contributed by atoms with Crippen LogP contribution in [-0.2, 0) is 0 Å². The van der Waals surface area contributed by atoms with Crippen LogP contribution in [0.5, 0.6) is 0 Å². The molecular weight excluding hydrogens is 356 g/mol. The fraction of sp³-hybridized carbons (Fsp3) is 0.0455. The topological polar surface area (TPSA) is 55.5 Å². The Labute approximate surface area is 161 Å². The number of benzene rings is 2. The van der Waals surface area contributed by atoms with Gasteiger partial charge in [0.05, 0.1) is 17.4 Å². The van der Waals surface area contributed by atoms with Gasteiger partial charge in [0.15, 0.2) is 10.9 Å². The number of pyridine rings is 1. The zero-order chi connectivity index (χ0) is 18.6. The molecule has 0 unspecified atom stereocenters. The number of aromatic nitrogens is 1. The molecule has 5 heteroatoms. The Bertz CT molecular complexity index is 1140. The molecule has 0 N–H and O–H groups in total. The zero-order valence-electron chi connectivity index (χ0n) is 14.6. The molecule has 2 aromatic carbocycles. The first-order valence-electron chi connectivity index (χ1n) is 8.45. The third-order valence-corrected chi connectivity index (χ3v) is 4.97. The van der Waals surface area contributed by atoms with Gasteiger partial charge < -0.3 is 4.42 Å². The number of furan rings is 1. The quantitative estimate of drug-likeness (QED) is 0.322. The van der Waals surface area contributed by atoms with Crippen molar-refractivity contribution in [3.05, 3.63) is 84.3 Å². The number of Topliss-reactive ketones (excluding diaryl/α,β-unsaturated/α-hetero) is 1. The van der Waals surface area contributed by atoms with Gasteiger partial charge in [-0.2, -0.15) is 0 Å². The van der Waals surface area contributed by atoms with Crippen molar-refractivity contribution in [1.82, 2.24) is 4.98 Å². The Morgan fingerprint density at radius 1 is 1.07 bits per heavy atom. The molecule has 0 aliphatic heterocycles. The van der Waals surface area contributed by atoms with Crippen molar-refractivity contribution < 1.29 is 9.21 Å². The smallest absolute Gasteiger partial charge is 0.165 e. The van der Waals surface area contributed by atoms with Crippen molar-refractivity contribution in [1.29, 1.82) is 0 Å². The maximum Gasteiger partial charge on any atom is 0.165 e. The Morgan fingerprint density at radius 2 is 1.93 bits per heavy atom. The van der Waals surface area contributed by atoms with E-state index in [-0.39, 0.29) is 5.78 Å². The highest BCUT2D eigenvalue weighted by molar-refractivity contribution is 7.99. The summed E-state index contributed by atoms with van der Waals surface area (Å²) in [6, 6.07) is 21.1. The van der Waals surface area contributed by atoms with Crippen molar-refractivity contribution >= 4 is 40.4 Å². The molecule has 0 saturated heterocycles. The Balaban J connectivity index is 1.53. The van der Waals surface area contributed by atoms with E-state index >= 15 is 0 Å². The summed E-state index contributed by atoms with van der Waals surface area (Å²) in [4.78, 5) is 21.4. The zero-order valence-corrected chi connectivity index (χ0v) is 15.4. The van der Waals surface area contributed by atoms with E-state index in [1.165, 1.54) is 11.8 Å². The molecule has 4 aromatic rings. The van der Waals surface area contributed by atoms with Gasteiger partial charge >= 0.3 is 0 Å². The minimum absolute atomic E-state index is 0.0208. The normalized spacial score (nSPS) is 11.3. The van der Waals surface area contributed by atoms with Gasteiger partial charge in [0.1, 0.15) is 5.76 Å². The average Bonchev–Trinajstić information content (AvgIpc) is 3.14. The summed E-state index contributed by atoms with van der Waals surface area (Å²) in [5, 5.41) is 1.87. The molecule has 132 valence electrons. The summed E-state index contributed by atoms with van der Waals surface area (Å²) in [6.45, 7) is 1.54. The first-order valence-corrected chi connectivity index (χ1v) is 9.27. The Kier molecular flexibility index (Phi) is 4.85. The molecule has 0 fully saturated rings. The number of hydrogen-bond donors (Lipinski definition) is 0. The van der Waals surface area contributed by atoms with Gasteiger partial charge in [-0.25, -0.2) is 0 Å². The van der Waals surface area contributed by atoms with E-state index in [4.69, 9.17) is 4.42 Å². The van der Waals surface area contributed by atoms with Gasteiger partial charge in [0.25, 0.3) is 0 Å². The lowest BCUT2D eigenvalue weighted by Gasteiger charge is -2.02. The lowest BCUT2D eigenvalue weighted by molar-refractivity contribution is 0.101. The molecule has 0 aliphatic rings. The predicted octanol–water partition coefficient (Wildman–Crippen LogP) is 5.93. The van der Waals surface area contributed by atoms with Gasteiger partial charge in [-0.1, -0.05) is 30.3 Å². The molecule has 0 spiro atoms. The minimum Gasteiger partial charge on any atom is -0.449 e. The molecule has 0 saturated carbocycles. The number of nitrogens with zero attached hydrogens (tertiary/aromatic N) is 2. The third kappa shape index (κ3) is 3.99. The highest BCUT2D eigenvalue weighted by Crippen LogP contribution is 2.33. The number of carbonyl (C=O) groups is 1. The maximum absolute atomic E-state index is 11.5. The largest absolute Gasteiger partial charge is 0.449 e. The molecule has 0 amide bonds. The van der Waals surface area contributed by atoms with E-state index in [9.17, 15) is 4.79 Å². The van der Waals surface area contributed by atoms with Crippen molar-refractivity contribution in [2.75, 3.05) is 0 Å². The average molecular weight is 372 g/mol. The number of hydrogen-bond acceptors (Lipinski definition) is 5. The van der Waals surface area contributed by atoms with Crippen LogP contribution in [0.1, 0.15) is 23.0 Å². The third-order valence-electron chi connectivity index (χ3n) is 4.00. The van der Waals surface area contributed by atoms with Crippen LogP contribution in [-0.4, -0.2) is 17.0 Å². The second-order valence-electron chi connectivity index (χ2n) is 5.95. The number of para-hydroxylation sites is 1. The number of rotatable bonds is 5. The van der Waals surface area contributed by atoms with E-state index in [2.05, 4.69) is 9.98 Å². The standard InChI is InChI=1S/C22H16N2O2S/c1-15(25)17-6-2-8-18(13-17)24-14-19-10-11-21(26-19)27-20-9-3-5-16-7-4-12-23-22(16)20/h2-14H,1H3. The number of fused-ring (bicyclic) bond motifs is 1. The number of ketones is 1. The lowest BCUT2D eigenvalue weighted by atomic mass is 10.1. The first-order chi connectivity index (χ1) is 13.2. The van der Waals surface area contributed by atoms with E-state index in [0.29, 0.717) is 17.0 Å². The van der Waals surface area contributed by atoms with Crippen LogP contribution in [0.3, 0.4) is 0 Å². The fourth-order valence-corrected chi connectivity index (χ4v) is 3.57. The van der Waals surface area contributed by atoms with Crippen LogP contribution in [0.2, 0.25) is 0 Å². The van der Waals surface area contributed by atoms with Crippen LogP contribution in [0.25, 0.3) is 10.9 Å².